The number of fused-ring (bicyclic) bond motifs is 1. The predicted octanol–water partition coefficient (Wildman–Crippen LogP) is 1.59. The van der Waals surface area contributed by atoms with Gasteiger partial charge in [-0.05, 0) is 32.9 Å². The number of nitrogens with zero attached hydrogens (tertiary/aromatic N) is 3. The van der Waals surface area contributed by atoms with E-state index >= 15 is 0 Å². The number of carbonyl (C=O) groups is 1. The normalized spacial score (nSPS) is 16.2. The molecule has 1 N–H and O–H groups in total. The van der Waals surface area contributed by atoms with Crippen molar-refractivity contribution in [1.82, 2.24) is 15.1 Å². The van der Waals surface area contributed by atoms with E-state index in [4.69, 9.17) is 9.47 Å². The largest absolute Gasteiger partial charge is 0.486 e. The fraction of sp³-hybridized carbons (Fsp3) is 0.579. The third-order valence-electron chi connectivity index (χ3n) is 4.20. The maximum atomic E-state index is 12.3. The highest BCUT2D eigenvalue weighted by Gasteiger charge is 2.21. The molecule has 26 heavy (non-hydrogen) atoms. The summed E-state index contributed by atoms with van der Waals surface area (Å²) in [5.74, 6) is 2.29. The van der Waals surface area contributed by atoms with E-state index in [9.17, 15) is 4.79 Å². The monoisotopic (exact) mass is 362 g/mol. The molecule has 0 aromatic heterocycles. The number of hydrogen-bond acceptors (Lipinski definition) is 4. The number of nitrogens with one attached hydrogen (secondary N) is 1. The van der Waals surface area contributed by atoms with Gasteiger partial charge in [0.1, 0.15) is 6.61 Å². The molecule has 0 radical (unpaired) electrons. The minimum absolute atomic E-state index is 0.0919. The zero-order valence-electron chi connectivity index (χ0n) is 16.2. The van der Waals surface area contributed by atoms with Crippen molar-refractivity contribution >= 4 is 11.9 Å². The van der Waals surface area contributed by atoms with Gasteiger partial charge in [0.05, 0.1) is 13.1 Å². The molecule has 1 unspecified atom stereocenters. The standard InChI is InChI=1S/C19H30N4O3/c1-5-20-19(22(4)13-18(24)23(6-2)7-3)21-12-15-14-25-16-10-8-9-11-17(16)26-15/h8-11,15H,5-7,12-14H2,1-4H3,(H,20,21). The molecule has 1 aliphatic heterocycles. The van der Waals surface area contributed by atoms with Gasteiger partial charge in [-0.25, -0.2) is 4.99 Å². The van der Waals surface area contributed by atoms with E-state index in [0.717, 1.165) is 18.0 Å². The number of para-hydroxylation sites is 2. The summed E-state index contributed by atoms with van der Waals surface area (Å²) in [5, 5.41) is 3.23. The molecular formula is C19H30N4O3. The maximum Gasteiger partial charge on any atom is 0.242 e. The van der Waals surface area contributed by atoms with Crippen molar-refractivity contribution in [3.63, 3.8) is 0 Å². The van der Waals surface area contributed by atoms with Crippen molar-refractivity contribution in [2.75, 3.05) is 46.4 Å². The zero-order valence-corrected chi connectivity index (χ0v) is 16.2. The first kappa shape index (κ1) is 19.9. The number of ether oxygens (including phenoxy) is 2. The second-order valence-corrected chi connectivity index (χ2v) is 6.11. The van der Waals surface area contributed by atoms with Crippen LogP contribution in [-0.4, -0.2) is 74.1 Å². The van der Waals surface area contributed by atoms with E-state index in [1.807, 2.05) is 61.9 Å². The molecule has 0 saturated carbocycles. The van der Waals surface area contributed by atoms with Gasteiger partial charge in [-0.3, -0.25) is 4.79 Å². The topological polar surface area (TPSA) is 66.4 Å². The molecule has 0 aliphatic carbocycles. The van der Waals surface area contributed by atoms with Crippen molar-refractivity contribution in [3.05, 3.63) is 24.3 Å². The molecule has 1 atom stereocenters. The van der Waals surface area contributed by atoms with E-state index in [2.05, 4.69) is 10.3 Å². The van der Waals surface area contributed by atoms with Gasteiger partial charge in [-0.2, -0.15) is 0 Å². The molecule has 7 heteroatoms. The Balaban J connectivity index is 1.97. The van der Waals surface area contributed by atoms with Crippen LogP contribution < -0.4 is 14.8 Å². The number of benzene rings is 1. The minimum atomic E-state index is -0.148. The van der Waals surface area contributed by atoms with Crippen molar-refractivity contribution in [2.24, 2.45) is 4.99 Å². The third-order valence-corrected chi connectivity index (χ3v) is 4.20. The predicted molar refractivity (Wildman–Crippen MR) is 103 cm³/mol. The first-order valence-electron chi connectivity index (χ1n) is 9.24. The summed E-state index contributed by atoms with van der Waals surface area (Å²) in [4.78, 5) is 20.6. The van der Waals surface area contributed by atoms with Gasteiger partial charge in [0, 0.05) is 26.7 Å². The Morgan fingerprint density at radius 1 is 1.23 bits per heavy atom. The van der Waals surface area contributed by atoms with Crippen molar-refractivity contribution < 1.29 is 14.3 Å². The molecule has 0 fully saturated rings. The Morgan fingerprint density at radius 3 is 2.58 bits per heavy atom. The van der Waals surface area contributed by atoms with E-state index in [0.29, 0.717) is 38.7 Å². The highest BCUT2D eigenvalue weighted by atomic mass is 16.6. The Labute approximate surface area is 156 Å². The van der Waals surface area contributed by atoms with Gasteiger partial charge in [0.25, 0.3) is 0 Å². The molecule has 1 amide bonds. The first-order valence-corrected chi connectivity index (χ1v) is 9.24. The maximum absolute atomic E-state index is 12.3. The second kappa shape index (κ2) is 9.89. The Hall–Kier alpha value is -2.44. The van der Waals surface area contributed by atoms with Gasteiger partial charge in [-0.15, -0.1) is 0 Å². The average Bonchev–Trinajstić information content (AvgIpc) is 2.65. The van der Waals surface area contributed by atoms with Crippen LogP contribution >= 0.6 is 0 Å². The number of aliphatic imine (C=N–C) groups is 1. The van der Waals surface area contributed by atoms with E-state index in [1.54, 1.807) is 0 Å². The van der Waals surface area contributed by atoms with Crippen LogP contribution in [0, 0.1) is 0 Å². The van der Waals surface area contributed by atoms with Crippen LogP contribution in [0.15, 0.2) is 29.3 Å². The number of amides is 1. The van der Waals surface area contributed by atoms with Crippen LogP contribution in [-0.2, 0) is 4.79 Å². The Kier molecular flexibility index (Phi) is 7.56. The summed E-state index contributed by atoms with van der Waals surface area (Å²) < 4.78 is 11.7. The fourth-order valence-electron chi connectivity index (χ4n) is 2.77. The number of rotatable bonds is 7. The average molecular weight is 362 g/mol. The van der Waals surface area contributed by atoms with Gasteiger partial charge in [-0.1, -0.05) is 12.1 Å². The smallest absolute Gasteiger partial charge is 0.242 e. The first-order chi connectivity index (χ1) is 12.6. The summed E-state index contributed by atoms with van der Waals surface area (Å²) >= 11 is 0. The molecule has 1 aliphatic rings. The Bertz CT molecular complexity index is 617. The number of carbonyl (C=O) groups excluding carboxylic acids is 1. The summed E-state index contributed by atoms with van der Waals surface area (Å²) in [6.07, 6.45) is -0.148. The van der Waals surface area contributed by atoms with Crippen LogP contribution in [0.2, 0.25) is 0 Å². The molecule has 1 aromatic carbocycles. The SMILES string of the molecule is CCNC(=NCC1COc2ccccc2O1)N(C)CC(=O)N(CC)CC. The molecule has 1 heterocycles. The van der Waals surface area contributed by atoms with Crippen molar-refractivity contribution in [1.29, 1.82) is 0 Å². The quantitative estimate of drug-likeness (QED) is 0.589. The van der Waals surface area contributed by atoms with Crippen LogP contribution in [0.3, 0.4) is 0 Å². The molecule has 0 bridgehead atoms. The van der Waals surface area contributed by atoms with E-state index in [-0.39, 0.29) is 12.0 Å². The highest BCUT2D eigenvalue weighted by molar-refractivity contribution is 5.86. The number of guanidine groups is 1. The lowest BCUT2D eigenvalue weighted by molar-refractivity contribution is -0.131. The fourth-order valence-corrected chi connectivity index (χ4v) is 2.77. The van der Waals surface area contributed by atoms with Gasteiger partial charge in [0.15, 0.2) is 23.6 Å². The van der Waals surface area contributed by atoms with Gasteiger partial charge in [0.2, 0.25) is 5.91 Å². The van der Waals surface area contributed by atoms with Crippen molar-refractivity contribution in [2.45, 2.75) is 26.9 Å². The van der Waals surface area contributed by atoms with Gasteiger partial charge >= 0.3 is 0 Å². The summed E-state index contributed by atoms with van der Waals surface area (Å²) in [5.41, 5.74) is 0. The lowest BCUT2D eigenvalue weighted by Gasteiger charge is -2.27. The minimum Gasteiger partial charge on any atom is -0.486 e. The molecule has 0 spiro atoms. The Morgan fingerprint density at radius 2 is 1.92 bits per heavy atom. The lowest BCUT2D eigenvalue weighted by atomic mass is 10.2. The third kappa shape index (κ3) is 5.28. The van der Waals surface area contributed by atoms with E-state index in [1.165, 1.54) is 0 Å². The summed E-state index contributed by atoms with van der Waals surface area (Å²) in [6, 6.07) is 7.63. The van der Waals surface area contributed by atoms with Crippen LogP contribution in [0.4, 0.5) is 0 Å². The van der Waals surface area contributed by atoms with Crippen LogP contribution in [0.5, 0.6) is 11.5 Å². The molecule has 7 nitrogen and oxygen atoms in total. The van der Waals surface area contributed by atoms with Crippen LogP contribution in [0.1, 0.15) is 20.8 Å². The molecule has 144 valence electrons. The molecule has 2 rings (SSSR count). The number of hydrogen-bond donors (Lipinski definition) is 1. The zero-order chi connectivity index (χ0) is 18.9. The summed E-state index contributed by atoms with van der Waals surface area (Å²) in [6.45, 7) is 9.34. The molecule has 1 aromatic rings. The summed E-state index contributed by atoms with van der Waals surface area (Å²) in [7, 11) is 1.87. The van der Waals surface area contributed by atoms with Crippen LogP contribution in [0.25, 0.3) is 0 Å². The number of likely N-dealkylation sites (N-methyl/N-ethyl adjacent to an activating group) is 2. The highest BCUT2D eigenvalue weighted by Crippen LogP contribution is 2.30. The molecule has 0 saturated heterocycles. The van der Waals surface area contributed by atoms with Crippen molar-refractivity contribution in [3.8, 4) is 11.5 Å². The lowest BCUT2D eigenvalue weighted by Crippen LogP contribution is -2.46. The van der Waals surface area contributed by atoms with E-state index < -0.39 is 0 Å². The van der Waals surface area contributed by atoms with Gasteiger partial charge < -0.3 is 24.6 Å². The molecular weight excluding hydrogens is 332 g/mol. The second-order valence-electron chi connectivity index (χ2n) is 6.11.